The molecule has 2 rings (SSSR count). The summed E-state index contributed by atoms with van der Waals surface area (Å²) in [7, 11) is 1.88. The minimum Gasteiger partial charge on any atom is -0.373 e. The zero-order chi connectivity index (χ0) is 11.5. The third-order valence-electron chi connectivity index (χ3n) is 2.37. The second-order valence-corrected chi connectivity index (χ2v) is 4.70. The summed E-state index contributed by atoms with van der Waals surface area (Å²) in [5.74, 6) is 2.09. The lowest BCUT2D eigenvalue weighted by Crippen LogP contribution is -2.01. The van der Waals surface area contributed by atoms with Crippen LogP contribution >= 0.6 is 11.3 Å². The van der Waals surface area contributed by atoms with Crippen LogP contribution in [0.1, 0.15) is 25.5 Å². The molecule has 16 heavy (non-hydrogen) atoms. The van der Waals surface area contributed by atoms with E-state index in [1.54, 1.807) is 11.3 Å². The van der Waals surface area contributed by atoms with Gasteiger partial charge in [-0.1, -0.05) is 13.8 Å². The standard InChI is InChI=1S/C12H15N3S/c1-8(2)10-6-11(13-3)15-12(14-10)9-4-5-16-7-9/h4-8H,1-3H3,(H,13,14,15). The number of nitrogens with one attached hydrogen (secondary N) is 1. The van der Waals surface area contributed by atoms with Crippen molar-refractivity contribution < 1.29 is 0 Å². The molecular formula is C12H15N3S. The fraction of sp³-hybridized carbons (Fsp3) is 0.333. The Morgan fingerprint density at radius 1 is 1.31 bits per heavy atom. The summed E-state index contributed by atoms with van der Waals surface area (Å²) in [4.78, 5) is 9.04. The van der Waals surface area contributed by atoms with Crippen LogP contribution in [0.3, 0.4) is 0 Å². The summed E-state index contributed by atoms with van der Waals surface area (Å²) >= 11 is 1.66. The molecule has 0 atom stereocenters. The maximum absolute atomic E-state index is 4.58. The van der Waals surface area contributed by atoms with E-state index < -0.39 is 0 Å². The second kappa shape index (κ2) is 4.61. The van der Waals surface area contributed by atoms with Crippen molar-refractivity contribution >= 4 is 17.2 Å². The van der Waals surface area contributed by atoms with Gasteiger partial charge in [0.15, 0.2) is 5.82 Å². The molecule has 0 amide bonds. The van der Waals surface area contributed by atoms with Gasteiger partial charge in [-0.05, 0) is 17.4 Å². The molecule has 0 unspecified atom stereocenters. The minimum absolute atomic E-state index is 0.410. The SMILES string of the molecule is CNc1cc(C(C)C)nc(-c2ccsc2)n1. The lowest BCUT2D eigenvalue weighted by Gasteiger charge is -2.09. The Morgan fingerprint density at radius 3 is 2.69 bits per heavy atom. The van der Waals surface area contributed by atoms with E-state index in [9.17, 15) is 0 Å². The zero-order valence-electron chi connectivity index (χ0n) is 9.69. The quantitative estimate of drug-likeness (QED) is 0.883. The largest absolute Gasteiger partial charge is 0.373 e. The van der Waals surface area contributed by atoms with Gasteiger partial charge in [-0.2, -0.15) is 11.3 Å². The van der Waals surface area contributed by atoms with Crippen LogP contribution in [-0.2, 0) is 0 Å². The molecule has 0 radical (unpaired) electrons. The molecule has 0 aliphatic heterocycles. The number of aromatic nitrogens is 2. The van der Waals surface area contributed by atoms with Gasteiger partial charge in [-0.25, -0.2) is 9.97 Å². The number of hydrogen-bond acceptors (Lipinski definition) is 4. The topological polar surface area (TPSA) is 37.8 Å². The van der Waals surface area contributed by atoms with Gasteiger partial charge in [-0.15, -0.1) is 0 Å². The van der Waals surface area contributed by atoms with Crippen LogP contribution in [0.15, 0.2) is 22.9 Å². The Kier molecular flexibility index (Phi) is 3.19. The monoisotopic (exact) mass is 233 g/mol. The highest BCUT2D eigenvalue weighted by Crippen LogP contribution is 2.23. The van der Waals surface area contributed by atoms with E-state index in [1.165, 1.54) is 0 Å². The molecule has 0 aliphatic rings. The molecule has 1 N–H and O–H groups in total. The maximum Gasteiger partial charge on any atom is 0.162 e. The van der Waals surface area contributed by atoms with Crippen molar-refractivity contribution in [1.29, 1.82) is 0 Å². The normalized spacial score (nSPS) is 10.8. The molecule has 2 aromatic rings. The molecule has 0 fully saturated rings. The van der Waals surface area contributed by atoms with Crippen molar-refractivity contribution in [3.05, 3.63) is 28.6 Å². The van der Waals surface area contributed by atoms with Crippen LogP contribution in [0.2, 0.25) is 0 Å². The van der Waals surface area contributed by atoms with Crippen molar-refractivity contribution in [2.45, 2.75) is 19.8 Å². The van der Waals surface area contributed by atoms with Crippen LogP contribution in [0.4, 0.5) is 5.82 Å². The van der Waals surface area contributed by atoms with Gasteiger partial charge in [0.2, 0.25) is 0 Å². The Hall–Kier alpha value is -1.42. The van der Waals surface area contributed by atoms with E-state index in [0.29, 0.717) is 5.92 Å². The first-order valence-corrected chi connectivity index (χ1v) is 6.24. The summed E-state index contributed by atoms with van der Waals surface area (Å²) in [6, 6.07) is 4.05. The number of nitrogens with zero attached hydrogens (tertiary/aromatic N) is 2. The van der Waals surface area contributed by atoms with E-state index in [4.69, 9.17) is 0 Å². The molecule has 84 valence electrons. The van der Waals surface area contributed by atoms with Crippen LogP contribution in [-0.4, -0.2) is 17.0 Å². The molecule has 2 aromatic heterocycles. The van der Waals surface area contributed by atoms with E-state index in [-0.39, 0.29) is 0 Å². The average Bonchev–Trinajstić information content (AvgIpc) is 2.81. The Balaban J connectivity index is 2.49. The van der Waals surface area contributed by atoms with Crippen LogP contribution in [0, 0.1) is 0 Å². The summed E-state index contributed by atoms with van der Waals surface area (Å²) in [6.45, 7) is 4.28. The molecule has 0 saturated heterocycles. The van der Waals surface area contributed by atoms with Crippen LogP contribution in [0.25, 0.3) is 11.4 Å². The fourth-order valence-electron chi connectivity index (χ4n) is 1.41. The molecule has 3 nitrogen and oxygen atoms in total. The summed E-state index contributed by atoms with van der Waals surface area (Å²) in [5, 5.41) is 7.19. The predicted octanol–water partition coefficient (Wildman–Crippen LogP) is 3.37. The van der Waals surface area contributed by atoms with Crippen molar-refractivity contribution in [2.24, 2.45) is 0 Å². The van der Waals surface area contributed by atoms with Gasteiger partial charge in [0, 0.05) is 29.8 Å². The molecule has 0 saturated carbocycles. The lowest BCUT2D eigenvalue weighted by molar-refractivity contribution is 0.817. The van der Waals surface area contributed by atoms with E-state index in [2.05, 4.69) is 34.5 Å². The Bertz CT molecular complexity index is 463. The third-order valence-corrected chi connectivity index (χ3v) is 3.06. The molecule has 4 heteroatoms. The van der Waals surface area contributed by atoms with E-state index in [0.717, 1.165) is 22.9 Å². The number of hydrogen-bond donors (Lipinski definition) is 1. The van der Waals surface area contributed by atoms with Crippen molar-refractivity contribution in [2.75, 3.05) is 12.4 Å². The van der Waals surface area contributed by atoms with Crippen molar-refractivity contribution in [1.82, 2.24) is 9.97 Å². The lowest BCUT2D eigenvalue weighted by atomic mass is 10.1. The Morgan fingerprint density at radius 2 is 2.12 bits per heavy atom. The van der Waals surface area contributed by atoms with Crippen molar-refractivity contribution in [3.63, 3.8) is 0 Å². The number of anilines is 1. The second-order valence-electron chi connectivity index (χ2n) is 3.92. The van der Waals surface area contributed by atoms with Crippen LogP contribution in [0.5, 0.6) is 0 Å². The third kappa shape index (κ3) is 2.22. The number of rotatable bonds is 3. The maximum atomic E-state index is 4.58. The van der Waals surface area contributed by atoms with E-state index >= 15 is 0 Å². The highest BCUT2D eigenvalue weighted by Gasteiger charge is 2.08. The first-order chi connectivity index (χ1) is 7.70. The molecular weight excluding hydrogens is 218 g/mol. The number of thiophene rings is 1. The van der Waals surface area contributed by atoms with Gasteiger partial charge in [0.25, 0.3) is 0 Å². The molecule has 2 heterocycles. The molecule has 0 aromatic carbocycles. The van der Waals surface area contributed by atoms with Gasteiger partial charge < -0.3 is 5.32 Å². The fourth-order valence-corrected chi connectivity index (χ4v) is 2.04. The highest BCUT2D eigenvalue weighted by molar-refractivity contribution is 7.08. The van der Waals surface area contributed by atoms with Crippen molar-refractivity contribution in [3.8, 4) is 11.4 Å². The highest BCUT2D eigenvalue weighted by atomic mass is 32.1. The van der Waals surface area contributed by atoms with Gasteiger partial charge in [-0.3, -0.25) is 0 Å². The summed E-state index contributed by atoms with van der Waals surface area (Å²) in [6.07, 6.45) is 0. The average molecular weight is 233 g/mol. The summed E-state index contributed by atoms with van der Waals surface area (Å²) in [5.41, 5.74) is 2.16. The first-order valence-electron chi connectivity index (χ1n) is 5.30. The van der Waals surface area contributed by atoms with Crippen LogP contribution < -0.4 is 5.32 Å². The van der Waals surface area contributed by atoms with Gasteiger partial charge in [0.05, 0.1) is 0 Å². The smallest absolute Gasteiger partial charge is 0.162 e. The summed E-state index contributed by atoms with van der Waals surface area (Å²) < 4.78 is 0. The Labute approximate surface area is 99.6 Å². The minimum atomic E-state index is 0.410. The van der Waals surface area contributed by atoms with E-state index in [1.807, 2.05) is 24.6 Å². The first kappa shape index (κ1) is 11.1. The predicted molar refractivity (Wildman–Crippen MR) is 69.0 cm³/mol. The van der Waals surface area contributed by atoms with Gasteiger partial charge in [0.1, 0.15) is 5.82 Å². The molecule has 0 bridgehead atoms. The van der Waals surface area contributed by atoms with Gasteiger partial charge >= 0.3 is 0 Å². The zero-order valence-corrected chi connectivity index (χ0v) is 10.5. The molecule has 0 spiro atoms. The molecule has 0 aliphatic carbocycles.